The molecule has 1 aromatic carbocycles. The van der Waals surface area contributed by atoms with Crippen LogP contribution in [0.25, 0.3) is 0 Å². The van der Waals surface area contributed by atoms with Gasteiger partial charge in [-0.05, 0) is 55.3 Å². The van der Waals surface area contributed by atoms with Gasteiger partial charge in [0, 0.05) is 10.9 Å². The van der Waals surface area contributed by atoms with Crippen molar-refractivity contribution in [2.75, 3.05) is 6.54 Å². The summed E-state index contributed by atoms with van der Waals surface area (Å²) in [5, 5.41) is 5.90. The summed E-state index contributed by atoms with van der Waals surface area (Å²) < 4.78 is 0. The summed E-state index contributed by atoms with van der Waals surface area (Å²) >= 11 is 1.88. The van der Waals surface area contributed by atoms with E-state index in [0.717, 1.165) is 13.0 Å². The number of rotatable bonds is 7. The molecule has 0 aliphatic carbocycles. The van der Waals surface area contributed by atoms with Crippen molar-refractivity contribution in [3.63, 3.8) is 0 Å². The number of hydrogen-bond donors (Lipinski definition) is 1. The van der Waals surface area contributed by atoms with Crippen LogP contribution in [0.1, 0.15) is 41.8 Å². The van der Waals surface area contributed by atoms with Gasteiger partial charge in [0.2, 0.25) is 0 Å². The normalized spacial score (nSPS) is 12.5. The fourth-order valence-corrected chi connectivity index (χ4v) is 3.38. The molecule has 0 radical (unpaired) electrons. The van der Waals surface area contributed by atoms with Crippen molar-refractivity contribution in [2.24, 2.45) is 0 Å². The quantitative estimate of drug-likeness (QED) is 0.769. The molecule has 0 aliphatic rings. The molecule has 0 saturated carbocycles. The average molecular weight is 273 g/mol. The van der Waals surface area contributed by atoms with Crippen molar-refractivity contribution in [3.8, 4) is 0 Å². The zero-order valence-electron chi connectivity index (χ0n) is 11.9. The molecule has 0 amide bonds. The highest BCUT2D eigenvalue weighted by molar-refractivity contribution is 7.10. The van der Waals surface area contributed by atoms with Gasteiger partial charge in [-0.3, -0.25) is 0 Å². The summed E-state index contributed by atoms with van der Waals surface area (Å²) in [5.41, 5.74) is 2.85. The Kier molecular flexibility index (Phi) is 5.62. The van der Waals surface area contributed by atoms with Crippen LogP contribution < -0.4 is 5.32 Å². The highest BCUT2D eigenvalue weighted by Crippen LogP contribution is 2.27. The molecular weight excluding hydrogens is 250 g/mol. The van der Waals surface area contributed by atoms with Crippen molar-refractivity contribution >= 4 is 11.3 Å². The second-order valence-electron chi connectivity index (χ2n) is 5.00. The van der Waals surface area contributed by atoms with Crippen molar-refractivity contribution in [3.05, 3.63) is 57.8 Å². The van der Waals surface area contributed by atoms with E-state index in [-0.39, 0.29) is 0 Å². The summed E-state index contributed by atoms with van der Waals surface area (Å²) in [5.74, 6) is 0. The Balaban J connectivity index is 2.00. The topological polar surface area (TPSA) is 12.0 Å². The second kappa shape index (κ2) is 7.46. The Hall–Kier alpha value is -1.12. The molecule has 1 heterocycles. The molecule has 102 valence electrons. The SMILES string of the molecule is CCCNC(CCc1ccccc1)c1sccc1C. The van der Waals surface area contributed by atoms with E-state index in [0.29, 0.717) is 6.04 Å². The lowest BCUT2D eigenvalue weighted by Crippen LogP contribution is -2.22. The van der Waals surface area contributed by atoms with Gasteiger partial charge < -0.3 is 5.32 Å². The zero-order valence-corrected chi connectivity index (χ0v) is 12.7. The van der Waals surface area contributed by atoms with Gasteiger partial charge in [-0.1, -0.05) is 37.3 Å². The first-order valence-electron chi connectivity index (χ1n) is 7.12. The molecular formula is C17H23NS. The maximum absolute atomic E-state index is 3.69. The first kappa shape index (κ1) is 14.3. The minimum absolute atomic E-state index is 0.500. The lowest BCUT2D eigenvalue weighted by molar-refractivity contribution is 0.504. The Labute approximate surface area is 120 Å². The molecule has 0 spiro atoms. The van der Waals surface area contributed by atoms with Crippen molar-refractivity contribution in [1.29, 1.82) is 0 Å². The fourth-order valence-electron chi connectivity index (χ4n) is 2.34. The fraction of sp³-hybridized carbons (Fsp3) is 0.412. The molecule has 1 atom stereocenters. The van der Waals surface area contributed by atoms with E-state index in [1.165, 1.54) is 28.8 Å². The van der Waals surface area contributed by atoms with E-state index >= 15 is 0 Å². The number of benzene rings is 1. The second-order valence-corrected chi connectivity index (χ2v) is 5.95. The van der Waals surface area contributed by atoms with Gasteiger partial charge in [0.05, 0.1) is 0 Å². The smallest absolute Gasteiger partial charge is 0.0420 e. The molecule has 1 N–H and O–H groups in total. The van der Waals surface area contributed by atoms with Gasteiger partial charge >= 0.3 is 0 Å². The van der Waals surface area contributed by atoms with Gasteiger partial charge in [-0.25, -0.2) is 0 Å². The van der Waals surface area contributed by atoms with Crippen LogP contribution in [-0.4, -0.2) is 6.54 Å². The third-order valence-corrected chi connectivity index (χ3v) is 4.56. The predicted molar refractivity (Wildman–Crippen MR) is 84.9 cm³/mol. The molecule has 2 heteroatoms. The molecule has 1 aromatic heterocycles. The van der Waals surface area contributed by atoms with E-state index in [2.05, 4.69) is 60.9 Å². The summed E-state index contributed by atoms with van der Waals surface area (Å²) in [6.07, 6.45) is 3.50. The maximum Gasteiger partial charge on any atom is 0.0420 e. The van der Waals surface area contributed by atoms with Crippen molar-refractivity contribution in [1.82, 2.24) is 5.32 Å². The van der Waals surface area contributed by atoms with Gasteiger partial charge in [0.25, 0.3) is 0 Å². The molecule has 2 rings (SSSR count). The van der Waals surface area contributed by atoms with Crippen LogP contribution in [0.15, 0.2) is 41.8 Å². The molecule has 1 nitrogen and oxygen atoms in total. The number of hydrogen-bond acceptors (Lipinski definition) is 2. The minimum atomic E-state index is 0.500. The molecule has 0 aliphatic heterocycles. The number of nitrogens with one attached hydrogen (secondary N) is 1. The van der Waals surface area contributed by atoms with Crippen LogP contribution in [-0.2, 0) is 6.42 Å². The van der Waals surface area contributed by atoms with Crippen LogP contribution in [0.4, 0.5) is 0 Å². The molecule has 0 saturated heterocycles. The lowest BCUT2D eigenvalue weighted by Gasteiger charge is -2.18. The average Bonchev–Trinajstić information content (AvgIpc) is 2.86. The van der Waals surface area contributed by atoms with E-state index in [9.17, 15) is 0 Å². The molecule has 0 fully saturated rings. The highest BCUT2D eigenvalue weighted by atomic mass is 32.1. The number of thiophene rings is 1. The third kappa shape index (κ3) is 4.19. The standard InChI is InChI=1S/C17H23NS/c1-3-12-18-16(17-14(2)11-13-19-17)10-9-15-7-5-4-6-8-15/h4-8,11,13,16,18H,3,9-10,12H2,1-2H3. The van der Waals surface area contributed by atoms with Crippen LogP contribution in [0, 0.1) is 6.92 Å². The lowest BCUT2D eigenvalue weighted by atomic mass is 10.0. The van der Waals surface area contributed by atoms with Gasteiger partial charge in [-0.2, -0.15) is 0 Å². The van der Waals surface area contributed by atoms with Gasteiger partial charge in [0.15, 0.2) is 0 Å². The van der Waals surface area contributed by atoms with Gasteiger partial charge in [-0.15, -0.1) is 11.3 Å². The van der Waals surface area contributed by atoms with E-state index in [1.807, 2.05) is 11.3 Å². The monoisotopic (exact) mass is 273 g/mol. The van der Waals surface area contributed by atoms with Crippen LogP contribution in [0.3, 0.4) is 0 Å². The Morgan fingerprint density at radius 1 is 1.16 bits per heavy atom. The largest absolute Gasteiger partial charge is 0.309 e. The molecule has 0 bridgehead atoms. The van der Waals surface area contributed by atoms with Crippen molar-refractivity contribution < 1.29 is 0 Å². The summed E-state index contributed by atoms with van der Waals surface area (Å²) in [7, 11) is 0. The van der Waals surface area contributed by atoms with Crippen molar-refractivity contribution in [2.45, 2.75) is 39.2 Å². The maximum atomic E-state index is 3.69. The molecule has 19 heavy (non-hydrogen) atoms. The first-order valence-corrected chi connectivity index (χ1v) is 8.00. The summed E-state index contributed by atoms with van der Waals surface area (Å²) in [6.45, 7) is 5.54. The van der Waals surface area contributed by atoms with E-state index in [4.69, 9.17) is 0 Å². The Morgan fingerprint density at radius 3 is 2.58 bits per heavy atom. The highest BCUT2D eigenvalue weighted by Gasteiger charge is 2.14. The first-order chi connectivity index (χ1) is 9.31. The van der Waals surface area contributed by atoms with E-state index < -0.39 is 0 Å². The van der Waals surface area contributed by atoms with Crippen LogP contribution >= 0.6 is 11.3 Å². The molecule has 1 unspecified atom stereocenters. The van der Waals surface area contributed by atoms with E-state index in [1.54, 1.807) is 0 Å². The summed E-state index contributed by atoms with van der Waals surface area (Å²) in [6, 6.07) is 13.5. The molecule has 2 aromatic rings. The Bertz CT molecular complexity index is 475. The number of aryl methyl sites for hydroxylation is 2. The van der Waals surface area contributed by atoms with Crippen LogP contribution in [0.5, 0.6) is 0 Å². The Morgan fingerprint density at radius 2 is 1.95 bits per heavy atom. The zero-order chi connectivity index (χ0) is 13.5. The minimum Gasteiger partial charge on any atom is -0.309 e. The predicted octanol–water partition coefficient (Wildman–Crippen LogP) is 4.73. The third-order valence-electron chi connectivity index (χ3n) is 3.42. The van der Waals surface area contributed by atoms with Gasteiger partial charge in [0.1, 0.15) is 0 Å². The van der Waals surface area contributed by atoms with Crippen LogP contribution in [0.2, 0.25) is 0 Å². The summed E-state index contributed by atoms with van der Waals surface area (Å²) in [4.78, 5) is 1.50.